The second-order valence-electron chi connectivity index (χ2n) is 3.08. The molecule has 1 nitrogen and oxygen atoms in total. The van der Waals surface area contributed by atoms with Gasteiger partial charge in [0.15, 0.2) is 0 Å². The number of halogens is 1. The summed E-state index contributed by atoms with van der Waals surface area (Å²) < 4.78 is 5.40. The van der Waals surface area contributed by atoms with Gasteiger partial charge in [-0.2, -0.15) is 0 Å². The van der Waals surface area contributed by atoms with Crippen LogP contribution in [0.25, 0.3) is 0 Å². The Morgan fingerprint density at radius 2 is 1.93 bits per heavy atom. The maximum Gasteiger partial charge on any atom is 0.107 e. The summed E-state index contributed by atoms with van der Waals surface area (Å²) in [4.78, 5) is 0. The standard InChI is InChI=1S/C13H15BrO/c14-10-5-2-6-11-15-12-9-13-7-3-1-4-8-13/h1,3-4,7-8H,5,9-12H2. The molecule has 15 heavy (non-hydrogen) atoms. The maximum absolute atomic E-state index is 5.40. The Morgan fingerprint density at radius 3 is 2.67 bits per heavy atom. The first kappa shape index (κ1) is 12.3. The van der Waals surface area contributed by atoms with Gasteiger partial charge in [-0.05, 0) is 12.0 Å². The van der Waals surface area contributed by atoms with E-state index in [0.29, 0.717) is 6.61 Å². The molecule has 1 rings (SSSR count). The monoisotopic (exact) mass is 266 g/mol. The molecular weight excluding hydrogens is 252 g/mol. The fraction of sp³-hybridized carbons (Fsp3) is 0.385. The number of alkyl halides is 1. The van der Waals surface area contributed by atoms with E-state index in [-0.39, 0.29) is 0 Å². The summed E-state index contributed by atoms with van der Waals surface area (Å²) in [6.07, 6.45) is 1.85. The van der Waals surface area contributed by atoms with Crippen molar-refractivity contribution in [3.8, 4) is 11.8 Å². The van der Waals surface area contributed by atoms with Gasteiger partial charge in [-0.25, -0.2) is 0 Å². The van der Waals surface area contributed by atoms with E-state index in [1.807, 2.05) is 18.2 Å². The van der Waals surface area contributed by atoms with Gasteiger partial charge < -0.3 is 4.74 Å². The number of hydrogen-bond donors (Lipinski definition) is 0. The molecule has 0 radical (unpaired) electrons. The summed E-state index contributed by atoms with van der Waals surface area (Å²) in [5, 5.41) is 0.935. The van der Waals surface area contributed by atoms with Crippen molar-refractivity contribution in [2.24, 2.45) is 0 Å². The molecular formula is C13H15BrO. The quantitative estimate of drug-likeness (QED) is 0.452. The van der Waals surface area contributed by atoms with Gasteiger partial charge in [-0.1, -0.05) is 58.1 Å². The third-order valence-corrected chi connectivity index (χ3v) is 2.29. The molecule has 1 aromatic carbocycles. The number of benzene rings is 1. The lowest BCUT2D eigenvalue weighted by Crippen LogP contribution is -1.98. The summed E-state index contributed by atoms with van der Waals surface area (Å²) in [6, 6.07) is 10.3. The van der Waals surface area contributed by atoms with E-state index in [1.54, 1.807) is 0 Å². The molecule has 0 unspecified atom stereocenters. The molecule has 0 spiro atoms. The lowest BCUT2D eigenvalue weighted by Gasteiger charge is -2.00. The van der Waals surface area contributed by atoms with Gasteiger partial charge in [-0.15, -0.1) is 0 Å². The summed E-state index contributed by atoms with van der Waals surface area (Å²) in [7, 11) is 0. The first-order valence-corrected chi connectivity index (χ1v) is 6.19. The minimum atomic E-state index is 0.542. The SMILES string of the molecule is BrCCC#CCOCCc1ccccc1. The van der Waals surface area contributed by atoms with E-state index in [1.165, 1.54) is 5.56 Å². The van der Waals surface area contributed by atoms with Crippen LogP contribution in [0.2, 0.25) is 0 Å². The van der Waals surface area contributed by atoms with E-state index < -0.39 is 0 Å². The molecule has 80 valence electrons. The van der Waals surface area contributed by atoms with E-state index in [0.717, 1.165) is 24.8 Å². The zero-order chi connectivity index (χ0) is 10.8. The second kappa shape index (κ2) is 8.52. The number of hydrogen-bond acceptors (Lipinski definition) is 1. The molecule has 0 saturated carbocycles. The fourth-order valence-corrected chi connectivity index (χ4v) is 1.34. The summed E-state index contributed by atoms with van der Waals surface area (Å²) in [5.41, 5.74) is 1.31. The molecule has 0 atom stereocenters. The normalized spacial score (nSPS) is 9.40. The van der Waals surface area contributed by atoms with Gasteiger partial charge in [0.05, 0.1) is 6.61 Å². The topological polar surface area (TPSA) is 9.23 Å². The van der Waals surface area contributed by atoms with Crippen LogP contribution in [-0.2, 0) is 11.2 Å². The summed E-state index contributed by atoms with van der Waals surface area (Å²) in [6.45, 7) is 1.28. The van der Waals surface area contributed by atoms with Crippen molar-refractivity contribution in [2.75, 3.05) is 18.5 Å². The Labute approximate surface area is 100.0 Å². The van der Waals surface area contributed by atoms with Gasteiger partial charge >= 0.3 is 0 Å². The molecule has 0 saturated heterocycles. The molecule has 0 amide bonds. The Kier molecular flexibility index (Phi) is 6.98. The van der Waals surface area contributed by atoms with Gasteiger partial charge in [0.1, 0.15) is 6.61 Å². The highest BCUT2D eigenvalue weighted by atomic mass is 79.9. The number of rotatable bonds is 5. The Hall–Kier alpha value is -0.780. The van der Waals surface area contributed by atoms with Crippen molar-refractivity contribution in [3.05, 3.63) is 35.9 Å². The summed E-state index contributed by atoms with van der Waals surface area (Å²) >= 11 is 3.32. The molecule has 0 aliphatic heterocycles. The minimum Gasteiger partial charge on any atom is -0.368 e. The molecule has 0 aromatic heterocycles. The van der Waals surface area contributed by atoms with E-state index in [2.05, 4.69) is 39.9 Å². The van der Waals surface area contributed by atoms with Crippen LogP contribution in [0.3, 0.4) is 0 Å². The van der Waals surface area contributed by atoms with E-state index in [4.69, 9.17) is 4.74 Å². The Morgan fingerprint density at radius 1 is 1.13 bits per heavy atom. The van der Waals surface area contributed by atoms with Crippen LogP contribution in [0.5, 0.6) is 0 Å². The van der Waals surface area contributed by atoms with Crippen molar-refractivity contribution in [1.29, 1.82) is 0 Å². The van der Waals surface area contributed by atoms with Gasteiger partial charge in [-0.3, -0.25) is 0 Å². The maximum atomic E-state index is 5.40. The second-order valence-corrected chi connectivity index (χ2v) is 3.87. The smallest absolute Gasteiger partial charge is 0.107 e. The molecule has 0 aliphatic carbocycles. The van der Waals surface area contributed by atoms with Crippen molar-refractivity contribution < 1.29 is 4.74 Å². The third kappa shape index (κ3) is 6.33. The Balaban J connectivity index is 2.06. The predicted octanol–water partition coefficient (Wildman–Crippen LogP) is 3.03. The largest absolute Gasteiger partial charge is 0.368 e. The first-order valence-electron chi connectivity index (χ1n) is 5.07. The minimum absolute atomic E-state index is 0.542. The fourth-order valence-electron chi connectivity index (χ4n) is 1.14. The highest BCUT2D eigenvalue weighted by molar-refractivity contribution is 9.09. The third-order valence-electron chi connectivity index (χ3n) is 1.90. The van der Waals surface area contributed by atoms with Crippen LogP contribution in [-0.4, -0.2) is 18.5 Å². The lowest BCUT2D eigenvalue weighted by atomic mass is 10.2. The van der Waals surface area contributed by atoms with Crippen LogP contribution in [0.4, 0.5) is 0 Å². The predicted molar refractivity (Wildman–Crippen MR) is 67.2 cm³/mol. The molecule has 1 aromatic rings. The van der Waals surface area contributed by atoms with E-state index in [9.17, 15) is 0 Å². The van der Waals surface area contributed by atoms with Crippen LogP contribution < -0.4 is 0 Å². The highest BCUT2D eigenvalue weighted by Crippen LogP contribution is 1.99. The Bertz CT molecular complexity index is 310. The zero-order valence-electron chi connectivity index (χ0n) is 8.71. The summed E-state index contributed by atoms with van der Waals surface area (Å²) in [5.74, 6) is 5.98. The van der Waals surface area contributed by atoms with Crippen molar-refractivity contribution in [2.45, 2.75) is 12.8 Å². The van der Waals surface area contributed by atoms with Crippen molar-refractivity contribution in [1.82, 2.24) is 0 Å². The lowest BCUT2D eigenvalue weighted by molar-refractivity contribution is 0.170. The average molecular weight is 267 g/mol. The molecule has 0 fully saturated rings. The molecule has 2 heteroatoms. The van der Waals surface area contributed by atoms with Gasteiger partial charge in [0.2, 0.25) is 0 Å². The molecule has 0 bridgehead atoms. The molecule has 0 aliphatic rings. The van der Waals surface area contributed by atoms with Crippen LogP contribution >= 0.6 is 15.9 Å². The first-order chi connectivity index (χ1) is 7.43. The van der Waals surface area contributed by atoms with Gasteiger partial charge in [0, 0.05) is 11.8 Å². The zero-order valence-corrected chi connectivity index (χ0v) is 10.3. The van der Waals surface area contributed by atoms with Crippen molar-refractivity contribution >= 4 is 15.9 Å². The average Bonchev–Trinajstić information content (AvgIpc) is 2.29. The highest BCUT2D eigenvalue weighted by Gasteiger charge is 1.90. The van der Waals surface area contributed by atoms with Crippen LogP contribution in [0.15, 0.2) is 30.3 Å². The van der Waals surface area contributed by atoms with Gasteiger partial charge in [0.25, 0.3) is 0 Å². The number of ether oxygens (including phenoxy) is 1. The van der Waals surface area contributed by atoms with Crippen LogP contribution in [0, 0.1) is 11.8 Å². The molecule has 0 N–H and O–H groups in total. The van der Waals surface area contributed by atoms with E-state index >= 15 is 0 Å². The molecule has 0 heterocycles. The van der Waals surface area contributed by atoms with Crippen LogP contribution in [0.1, 0.15) is 12.0 Å². The van der Waals surface area contributed by atoms with Crippen molar-refractivity contribution in [3.63, 3.8) is 0 Å².